The van der Waals surface area contributed by atoms with Crippen LogP contribution in [0.2, 0.25) is 0 Å². The number of halogens is 1. The second-order valence-electron chi connectivity index (χ2n) is 4.12. The average Bonchev–Trinajstić information content (AvgIpc) is 2.40. The highest BCUT2D eigenvalue weighted by Crippen LogP contribution is 2.26. The topological polar surface area (TPSA) is 113 Å². The normalized spacial score (nSPS) is 10.3. The van der Waals surface area contributed by atoms with E-state index in [4.69, 9.17) is 10.2 Å². The second-order valence-corrected chi connectivity index (χ2v) is 4.12. The van der Waals surface area contributed by atoms with E-state index in [1.54, 1.807) is 0 Å². The van der Waals surface area contributed by atoms with Gasteiger partial charge >= 0.3 is 0 Å². The van der Waals surface area contributed by atoms with Crippen molar-refractivity contribution in [2.24, 2.45) is 0 Å². The number of unbranched alkanes of at least 4 members (excludes halogenated alkanes) is 2. The predicted octanol–water partition coefficient (Wildman–Crippen LogP) is 1.33. The second kappa shape index (κ2) is 7.39. The van der Waals surface area contributed by atoms with Crippen LogP contribution in [0.1, 0.15) is 29.6 Å². The number of nitrogens with zero attached hydrogens (tertiary/aromatic N) is 1. The Bertz CT molecular complexity index is 507. The number of aliphatic hydroxyl groups excluding tert-OH is 1. The number of nitro benzene ring substituents is 1. The van der Waals surface area contributed by atoms with E-state index >= 15 is 0 Å². The van der Waals surface area contributed by atoms with Crippen molar-refractivity contribution in [3.05, 3.63) is 33.6 Å². The van der Waals surface area contributed by atoms with Crippen molar-refractivity contribution >= 4 is 11.6 Å². The van der Waals surface area contributed by atoms with Gasteiger partial charge in [-0.25, -0.2) is 4.39 Å². The molecule has 0 aliphatic carbocycles. The molecule has 0 heterocycles. The standard InChI is InChI=1S/C12H15FN2O5/c13-9-6-8(10(15(19)20)7-11(9)17)12(18)14-4-2-1-3-5-16/h6-7,16-17H,1-5H2,(H,14,18). The zero-order valence-corrected chi connectivity index (χ0v) is 10.6. The summed E-state index contributed by atoms with van der Waals surface area (Å²) in [6.45, 7) is 0.321. The van der Waals surface area contributed by atoms with Crippen LogP contribution in [-0.4, -0.2) is 34.2 Å². The minimum absolute atomic E-state index is 0.0581. The number of hydrogen-bond donors (Lipinski definition) is 3. The maximum atomic E-state index is 13.2. The maximum Gasteiger partial charge on any atom is 0.286 e. The van der Waals surface area contributed by atoms with Crippen molar-refractivity contribution in [2.45, 2.75) is 19.3 Å². The lowest BCUT2D eigenvalue weighted by Crippen LogP contribution is -2.25. The molecule has 0 fully saturated rings. The Labute approximate surface area is 114 Å². The van der Waals surface area contributed by atoms with Gasteiger partial charge < -0.3 is 15.5 Å². The van der Waals surface area contributed by atoms with Gasteiger partial charge in [0.2, 0.25) is 0 Å². The van der Waals surface area contributed by atoms with Crippen molar-refractivity contribution in [1.82, 2.24) is 5.32 Å². The fourth-order valence-corrected chi connectivity index (χ4v) is 1.59. The molecule has 0 unspecified atom stereocenters. The summed E-state index contributed by atoms with van der Waals surface area (Å²) in [7, 11) is 0. The van der Waals surface area contributed by atoms with Crippen LogP contribution >= 0.6 is 0 Å². The summed E-state index contributed by atoms with van der Waals surface area (Å²) in [5, 5.41) is 30.9. The molecule has 0 saturated carbocycles. The van der Waals surface area contributed by atoms with Gasteiger partial charge in [-0.3, -0.25) is 14.9 Å². The van der Waals surface area contributed by atoms with Crippen LogP contribution < -0.4 is 5.32 Å². The Kier molecular flexibility index (Phi) is 5.85. The van der Waals surface area contributed by atoms with Crippen LogP contribution in [0.3, 0.4) is 0 Å². The van der Waals surface area contributed by atoms with Gasteiger partial charge in [-0.2, -0.15) is 0 Å². The number of rotatable bonds is 7. The SMILES string of the molecule is O=C(NCCCCCO)c1cc(F)c(O)cc1[N+](=O)[O-]. The van der Waals surface area contributed by atoms with Crippen LogP contribution in [0.5, 0.6) is 5.75 Å². The van der Waals surface area contributed by atoms with Crippen molar-refractivity contribution < 1.29 is 24.3 Å². The molecule has 20 heavy (non-hydrogen) atoms. The number of amides is 1. The van der Waals surface area contributed by atoms with Gasteiger partial charge in [-0.15, -0.1) is 0 Å². The molecule has 0 aliphatic heterocycles. The highest BCUT2D eigenvalue weighted by atomic mass is 19.1. The predicted molar refractivity (Wildman–Crippen MR) is 68.0 cm³/mol. The number of carbonyl (C=O) groups is 1. The number of phenols is 1. The number of benzene rings is 1. The third kappa shape index (κ3) is 4.16. The summed E-state index contributed by atoms with van der Waals surface area (Å²) in [4.78, 5) is 21.7. The highest BCUT2D eigenvalue weighted by Gasteiger charge is 2.23. The molecule has 1 rings (SSSR count). The summed E-state index contributed by atoms with van der Waals surface area (Å²) < 4.78 is 13.2. The van der Waals surface area contributed by atoms with Crippen molar-refractivity contribution in [3.63, 3.8) is 0 Å². The largest absolute Gasteiger partial charge is 0.505 e. The lowest BCUT2D eigenvalue weighted by atomic mass is 10.1. The molecule has 0 bridgehead atoms. The number of hydrogen-bond acceptors (Lipinski definition) is 5. The quantitative estimate of drug-likeness (QED) is 0.397. The zero-order chi connectivity index (χ0) is 15.1. The van der Waals surface area contributed by atoms with E-state index in [0.29, 0.717) is 31.4 Å². The molecule has 0 aromatic heterocycles. The van der Waals surface area contributed by atoms with E-state index in [2.05, 4.69) is 5.32 Å². The molecular weight excluding hydrogens is 271 g/mol. The number of nitro groups is 1. The third-order valence-electron chi connectivity index (χ3n) is 2.63. The molecule has 7 nitrogen and oxygen atoms in total. The molecular formula is C12H15FN2O5. The monoisotopic (exact) mass is 286 g/mol. The molecule has 8 heteroatoms. The van der Waals surface area contributed by atoms with E-state index < -0.39 is 33.6 Å². The van der Waals surface area contributed by atoms with Crippen LogP contribution in [0.4, 0.5) is 10.1 Å². The first-order valence-electron chi connectivity index (χ1n) is 6.03. The Hall–Kier alpha value is -2.22. The van der Waals surface area contributed by atoms with Gasteiger partial charge in [-0.1, -0.05) is 0 Å². The highest BCUT2D eigenvalue weighted by molar-refractivity contribution is 5.98. The Morgan fingerprint density at radius 3 is 2.65 bits per heavy atom. The molecule has 0 atom stereocenters. The van der Waals surface area contributed by atoms with Crippen LogP contribution in [0, 0.1) is 15.9 Å². The van der Waals surface area contributed by atoms with Crippen molar-refractivity contribution in [1.29, 1.82) is 0 Å². The molecule has 110 valence electrons. The molecule has 0 aliphatic rings. The number of phenolic OH excluding ortho intramolecular Hbond substituents is 1. The van der Waals surface area contributed by atoms with Gasteiger partial charge in [0.15, 0.2) is 11.6 Å². The summed E-state index contributed by atoms with van der Waals surface area (Å²) >= 11 is 0. The number of aromatic hydroxyl groups is 1. The molecule has 0 saturated heterocycles. The number of nitrogens with one attached hydrogen (secondary N) is 1. The fourth-order valence-electron chi connectivity index (χ4n) is 1.59. The fraction of sp³-hybridized carbons (Fsp3) is 0.417. The van der Waals surface area contributed by atoms with E-state index in [1.807, 2.05) is 0 Å². The Morgan fingerprint density at radius 2 is 2.05 bits per heavy atom. The summed E-state index contributed by atoms with van der Waals surface area (Å²) in [6.07, 6.45) is 1.90. The first-order chi connectivity index (χ1) is 9.47. The molecule has 1 aromatic rings. The Balaban J connectivity index is 2.76. The molecule has 3 N–H and O–H groups in total. The third-order valence-corrected chi connectivity index (χ3v) is 2.63. The van der Waals surface area contributed by atoms with Gasteiger partial charge in [0.25, 0.3) is 11.6 Å². The first kappa shape index (κ1) is 15.8. The summed E-state index contributed by atoms with van der Waals surface area (Å²) in [5.41, 5.74) is -1.09. The number of aliphatic hydroxyl groups is 1. The van der Waals surface area contributed by atoms with E-state index in [-0.39, 0.29) is 13.2 Å². The molecule has 0 spiro atoms. The van der Waals surface area contributed by atoms with Crippen LogP contribution in [0.15, 0.2) is 12.1 Å². The lowest BCUT2D eigenvalue weighted by molar-refractivity contribution is -0.385. The van der Waals surface area contributed by atoms with Gasteiger partial charge in [0.05, 0.1) is 11.0 Å². The molecule has 1 amide bonds. The van der Waals surface area contributed by atoms with Crippen molar-refractivity contribution in [2.75, 3.05) is 13.2 Å². The maximum absolute atomic E-state index is 13.2. The van der Waals surface area contributed by atoms with Crippen molar-refractivity contribution in [3.8, 4) is 5.75 Å². The minimum atomic E-state index is -1.10. The smallest absolute Gasteiger partial charge is 0.286 e. The lowest BCUT2D eigenvalue weighted by Gasteiger charge is -2.06. The molecule has 0 radical (unpaired) electrons. The average molecular weight is 286 g/mol. The van der Waals surface area contributed by atoms with E-state index in [0.717, 1.165) is 0 Å². The van der Waals surface area contributed by atoms with Crippen LogP contribution in [0.25, 0.3) is 0 Å². The minimum Gasteiger partial charge on any atom is -0.505 e. The Morgan fingerprint density at radius 1 is 1.35 bits per heavy atom. The van der Waals surface area contributed by atoms with Gasteiger partial charge in [0.1, 0.15) is 5.56 Å². The molecule has 1 aromatic carbocycles. The number of carbonyl (C=O) groups excluding carboxylic acids is 1. The first-order valence-corrected chi connectivity index (χ1v) is 6.03. The van der Waals surface area contributed by atoms with E-state index in [1.165, 1.54) is 0 Å². The van der Waals surface area contributed by atoms with Crippen LogP contribution in [-0.2, 0) is 0 Å². The summed E-state index contributed by atoms with van der Waals surface area (Å²) in [6, 6.07) is 1.24. The van der Waals surface area contributed by atoms with Gasteiger partial charge in [-0.05, 0) is 25.3 Å². The zero-order valence-electron chi connectivity index (χ0n) is 10.6. The van der Waals surface area contributed by atoms with Gasteiger partial charge in [0, 0.05) is 13.2 Å². The van der Waals surface area contributed by atoms with E-state index in [9.17, 15) is 19.3 Å². The summed E-state index contributed by atoms with van der Waals surface area (Å²) in [5.74, 6) is -2.75.